The van der Waals surface area contributed by atoms with E-state index in [2.05, 4.69) is 83.7 Å². The Morgan fingerprint density at radius 3 is 1.83 bits per heavy atom. The molecular formula is C28H30N8. The molecule has 36 heavy (non-hydrogen) atoms. The minimum Gasteiger partial charge on any atom is -0.335 e. The fourth-order valence-corrected chi connectivity index (χ4v) is 4.28. The Labute approximate surface area is 211 Å². The number of hydrogen-bond acceptors (Lipinski definition) is 8. The number of benzene rings is 2. The highest BCUT2D eigenvalue weighted by Crippen LogP contribution is 2.41. The minimum absolute atomic E-state index is 0.793. The van der Waals surface area contributed by atoms with E-state index in [4.69, 9.17) is 0 Å². The lowest BCUT2D eigenvalue weighted by Gasteiger charge is -2.31. The van der Waals surface area contributed by atoms with E-state index in [-0.39, 0.29) is 0 Å². The number of hydrogen-bond donors (Lipinski definition) is 2. The SMILES string of the molecule is C/C=C/CN1c2ccccc2Nc2nccnc21.CCCCN1c2ccccc2Nc2nccnc21. The van der Waals surface area contributed by atoms with E-state index in [1.165, 1.54) is 12.1 Å². The van der Waals surface area contributed by atoms with Crippen LogP contribution in [0.2, 0.25) is 0 Å². The van der Waals surface area contributed by atoms with Crippen molar-refractivity contribution in [1.29, 1.82) is 0 Å². The molecule has 0 amide bonds. The molecule has 2 aliphatic heterocycles. The summed E-state index contributed by atoms with van der Waals surface area (Å²) < 4.78 is 0. The Hall–Kier alpha value is -4.46. The molecule has 4 aromatic rings. The third kappa shape index (κ3) is 4.70. The van der Waals surface area contributed by atoms with Gasteiger partial charge in [0, 0.05) is 37.9 Å². The van der Waals surface area contributed by atoms with Gasteiger partial charge in [-0.1, -0.05) is 49.8 Å². The maximum absolute atomic E-state index is 4.45. The molecule has 0 radical (unpaired) electrons. The minimum atomic E-state index is 0.793. The van der Waals surface area contributed by atoms with E-state index in [0.717, 1.165) is 59.8 Å². The first-order chi connectivity index (χ1) is 17.8. The highest BCUT2D eigenvalue weighted by atomic mass is 15.3. The summed E-state index contributed by atoms with van der Waals surface area (Å²) in [6.07, 6.45) is 13.4. The zero-order valence-electron chi connectivity index (χ0n) is 20.6. The zero-order chi connectivity index (χ0) is 24.7. The monoisotopic (exact) mass is 478 g/mol. The molecule has 0 unspecified atom stereocenters. The summed E-state index contributed by atoms with van der Waals surface area (Å²) in [4.78, 5) is 22.0. The van der Waals surface area contributed by atoms with Gasteiger partial charge in [0.25, 0.3) is 0 Å². The zero-order valence-corrected chi connectivity index (χ0v) is 20.6. The van der Waals surface area contributed by atoms with Gasteiger partial charge in [0.1, 0.15) is 0 Å². The molecule has 0 saturated carbocycles. The van der Waals surface area contributed by atoms with Gasteiger partial charge in [-0.05, 0) is 37.6 Å². The Morgan fingerprint density at radius 2 is 1.25 bits per heavy atom. The first-order valence-electron chi connectivity index (χ1n) is 12.3. The fraction of sp³-hybridized carbons (Fsp3) is 0.214. The fourth-order valence-electron chi connectivity index (χ4n) is 4.28. The van der Waals surface area contributed by atoms with Crippen molar-refractivity contribution >= 4 is 46.0 Å². The third-order valence-corrected chi connectivity index (χ3v) is 6.02. The number of aromatic nitrogens is 4. The Morgan fingerprint density at radius 1 is 0.722 bits per heavy atom. The molecule has 4 heterocycles. The molecule has 2 aromatic carbocycles. The van der Waals surface area contributed by atoms with Crippen molar-refractivity contribution < 1.29 is 0 Å². The van der Waals surface area contributed by atoms with Crippen LogP contribution >= 0.6 is 0 Å². The van der Waals surface area contributed by atoms with Crippen LogP contribution in [-0.4, -0.2) is 33.0 Å². The number of allylic oxidation sites excluding steroid dienone is 1. The summed E-state index contributed by atoms with van der Waals surface area (Å²) in [5.74, 6) is 3.44. The quantitative estimate of drug-likeness (QED) is 0.306. The van der Waals surface area contributed by atoms with Gasteiger partial charge in [-0.3, -0.25) is 0 Å². The first-order valence-corrected chi connectivity index (χ1v) is 12.3. The van der Waals surface area contributed by atoms with E-state index in [1.54, 1.807) is 24.8 Å². The predicted octanol–water partition coefficient (Wildman–Crippen LogP) is 6.72. The molecular weight excluding hydrogens is 448 g/mol. The number of nitrogens with one attached hydrogen (secondary N) is 2. The van der Waals surface area contributed by atoms with Crippen molar-refractivity contribution in [2.45, 2.75) is 26.7 Å². The lowest BCUT2D eigenvalue weighted by atomic mass is 10.2. The molecule has 0 saturated heterocycles. The van der Waals surface area contributed by atoms with E-state index in [1.807, 2.05) is 31.2 Å². The van der Waals surface area contributed by atoms with E-state index in [9.17, 15) is 0 Å². The molecule has 0 aliphatic carbocycles. The molecule has 8 nitrogen and oxygen atoms in total. The van der Waals surface area contributed by atoms with Gasteiger partial charge in [0.05, 0.1) is 22.7 Å². The molecule has 0 fully saturated rings. The van der Waals surface area contributed by atoms with Crippen molar-refractivity contribution in [3.05, 3.63) is 85.5 Å². The topological polar surface area (TPSA) is 82.1 Å². The summed E-state index contributed by atoms with van der Waals surface area (Å²) in [6.45, 7) is 5.99. The van der Waals surface area contributed by atoms with Crippen molar-refractivity contribution in [2.75, 3.05) is 33.5 Å². The van der Waals surface area contributed by atoms with Gasteiger partial charge in [0.2, 0.25) is 0 Å². The third-order valence-electron chi connectivity index (χ3n) is 6.02. The van der Waals surface area contributed by atoms with E-state index in [0.29, 0.717) is 0 Å². The maximum atomic E-state index is 4.45. The lowest BCUT2D eigenvalue weighted by molar-refractivity contribution is 0.776. The highest BCUT2D eigenvalue weighted by molar-refractivity contribution is 5.89. The van der Waals surface area contributed by atoms with Gasteiger partial charge < -0.3 is 20.4 Å². The van der Waals surface area contributed by atoms with Crippen molar-refractivity contribution in [1.82, 2.24) is 19.9 Å². The number of anilines is 8. The second kappa shape index (κ2) is 10.9. The van der Waals surface area contributed by atoms with Crippen LogP contribution in [0, 0.1) is 0 Å². The van der Waals surface area contributed by atoms with Gasteiger partial charge in [-0.2, -0.15) is 0 Å². The highest BCUT2D eigenvalue weighted by Gasteiger charge is 2.24. The first kappa shape index (κ1) is 23.3. The summed E-state index contributed by atoms with van der Waals surface area (Å²) in [6, 6.07) is 16.5. The van der Waals surface area contributed by atoms with Crippen LogP contribution in [-0.2, 0) is 0 Å². The number of nitrogens with zero attached hydrogens (tertiary/aromatic N) is 6. The van der Waals surface area contributed by atoms with Gasteiger partial charge >= 0.3 is 0 Å². The number of fused-ring (bicyclic) bond motifs is 4. The van der Waals surface area contributed by atoms with E-state index < -0.39 is 0 Å². The Kier molecular flexibility index (Phi) is 7.02. The Bertz CT molecular complexity index is 1260. The number of para-hydroxylation sites is 4. The standard InChI is InChI=1S/C14H16N4.C14H14N4/c2*1-2-3-10-18-12-7-5-4-6-11(12)17-13-14(18)16-9-8-15-13/h4-9H,2-3,10H2,1H3,(H,15,17);2-9H,10H2,1H3,(H,15,17)/b;3-2+. The molecule has 2 N–H and O–H groups in total. The van der Waals surface area contributed by atoms with Gasteiger partial charge in [-0.25, -0.2) is 19.9 Å². The van der Waals surface area contributed by atoms with Crippen LogP contribution < -0.4 is 20.4 Å². The maximum Gasteiger partial charge on any atom is 0.176 e. The second-order valence-electron chi connectivity index (χ2n) is 8.43. The summed E-state index contributed by atoms with van der Waals surface area (Å²) in [5.41, 5.74) is 4.47. The Balaban J connectivity index is 0.000000148. The summed E-state index contributed by atoms with van der Waals surface area (Å²) in [7, 11) is 0. The second-order valence-corrected chi connectivity index (χ2v) is 8.43. The smallest absolute Gasteiger partial charge is 0.176 e. The molecule has 2 aromatic heterocycles. The normalized spacial score (nSPS) is 12.8. The molecule has 2 aliphatic rings. The molecule has 0 bridgehead atoms. The molecule has 0 spiro atoms. The molecule has 8 heteroatoms. The average Bonchev–Trinajstić information content (AvgIpc) is 2.93. The lowest BCUT2D eigenvalue weighted by Crippen LogP contribution is -2.25. The largest absolute Gasteiger partial charge is 0.335 e. The predicted molar refractivity (Wildman–Crippen MR) is 147 cm³/mol. The van der Waals surface area contributed by atoms with Crippen LogP contribution in [0.4, 0.5) is 46.0 Å². The molecule has 182 valence electrons. The van der Waals surface area contributed by atoms with E-state index >= 15 is 0 Å². The van der Waals surface area contributed by atoms with Crippen molar-refractivity contribution in [3.8, 4) is 0 Å². The number of unbranched alkanes of at least 4 members (excludes halogenated alkanes) is 1. The van der Waals surface area contributed by atoms with Crippen LogP contribution in [0.1, 0.15) is 26.7 Å². The summed E-state index contributed by atoms with van der Waals surface area (Å²) in [5, 5.41) is 6.64. The van der Waals surface area contributed by atoms with Crippen molar-refractivity contribution in [3.63, 3.8) is 0 Å². The molecule has 6 rings (SSSR count). The van der Waals surface area contributed by atoms with Gasteiger partial charge in [-0.15, -0.1) is 0 Å². The van der Waals surface area contributed by atoms with Crippen LogP contribution in [0.15, 0.2) is 85.5 Å². The van der Waals surface area contributed by atoms with Crippen molar-refractivity contribution in [2.24, 2.45) is 0 Å². The average molecular weight is 479 g/mol. The van der Waals surface area contributed by atoms with Crippen LogP contribution in [0.3, 0.4) is 0 Å². The number of rotatable bonds is 5. The van der Waals surface area contributed by atoms with Crippen LogP contribution in [0.5, 0.6) is 0 Å². The summed E-state index contributed by atoms with van der Waals surface area (Å²) >= 11 is 0. The molecule has 0 atom stereocenters. The van der Waals surface area contributed by atoms with Crippen LogP contribution in [0.25, 0.3) is 0 Å². The van der Waals surface area contributed by atoms with Gasteiger partial charge in [0.15, 0.2) is 23.3 Å².